The fourth-order valence-corrected chi connectivity index (χ4v) is 5.59. The van der Waals surface area contributed by atoms with Crippen molar-refractivity contribution in [1.82, 2.24) is 19.3 Å². The van der Waals surface area contributed by atoms with Gasteiger partial charge in [0.25, 0.3) is 0 Å². The summed E-state index contributed by atoms with van der Waals surface area (Å²) in [5, 5.41) is 8.35. The van der Waals surface area contributed by atoms with Crippen LogP contribution in [-0.2, 0) is 23.1 Å². The lowest BCUT2D eigenvalue weighted by Crippen LogP contribution is -2.45. The molecule has 0 aliphatic carbocycles. The van der Waals surface area contributed by atoms with Crippen LogP contribution in [0.25, 0.3) is 0 Å². The summed E-state index contributed by atoms with van der Waals surface area (Å²) >= 11 is 3.36. The molecule has 1 aromatic heterocycles. The Hall–Kier alpha value is -2.03. The molecule has 0 atom stereocenters. The summed E-state index contributed by atoms with van der Waals surface area (Å²) < 4.78 is 30.4. The van der Waals surface area contributed by atoms with Crippen LogP contribution >= 0.6 is 15.9 Å². The highest BCUT2D eigenvalue weighted by Crippen LogP contribution is 2.30. The molecule has 28 heavy (non-hydrogen) atoms. The van der Waals surface area contributed by atoms with E-state index in [1.54, 1.807) is 35.1 Å². The summed E-state index contributed by atoms with van der Waals surface area (Å²) in [7, 11) is -3.73. The van der Waals surface area contributed by atoms with Gasteiger partial charge in [0.15, 0.2) is 0 Å². The fraction of sp³-hybridized carbons (Fsp3) is 0.300. The fourth-order valence-electron chi connectivity index (χ4n) is 2.86. The van der Waals surface area contributed by atoms with Crippen molar-refractivity contribution < 1.29 is 8.42 Å². The van der Waals surface area contributed by atoms with Crippen LogP contribution in [0.1, 0.15) is 32.0 Å². The van der Waals surface area contributed by atoms with Gasteiger partial charge < -0.3 is 0 Å². The van der Waals surface area contributed by atoms with Gasteiger partial charge in [-0.2, -0.15) is 4.31 Å². The summed E-state index contributed by atoms with van der Waals surface area (Å²) in [4.78, 5) is 0.238. The molecule has 2 aromatic carbocycles. The number of benzene rings is 2. The number of halogens is 1. The standard InChI is InChI=1S/C20H23BrN4O2S/c1-20(2,3)25(28(26,27)19-12-8-7-11-18(19)21)15-17-14-24(23-22-17)13-16-9-5-4-6-10-16/h4-12,14H,13,15H2,1-3H3. The molecule has 0 unspecified atom stereocenters. The Morgan fingerprint density at radius 1 is 1.04 bits per heavy atom. The van der Waals surface area contributed by atoms with Crippen molar-refractivity contribution in [3.05, 3.63) is 76.5 Å². The summed E-state index contributed by atoms with van der Waals surface area (Å²) in [6.45, 7) is 6.34. The van der Waals surface area contributed by atoms with Crippen molar-refractivity contribution in [2.45, 2.75) is 44.3 Å². The Labute approximate surface area is 174 Å². The Kier molecular flexibility index (Phi) is 6.02. The summed E-state index contributed by atoms with van der Waals surface area (Å²) in [5.41, 5.74) is 1.08. The molecule has 0 radical (unpaired) electrons. The largest absolute Gasteiger partial charge is 0.248 e. The van der Waals surface area contributed by atoms with Gasteiger partial charge in [-0.15, -0.1) is 5.10 Å². The smallest absolute Gasteiger partial charge is 0.245 e. The lowest BCUT2D eigenvalue weighted by molar-refractivity contribution is 0.240. The van der Waals surface area contributed by atoms with E-state index in [0.29, 0.717) is 16.7 Å². The van der Waals surface area contributed by atoms with E-state index in [1.165, 1.54) is 4.31 Å². The van der Waals surface area contributed by atoms with E-state index < -0.39 is 15.6 Å². The van der Waals surface area contributed by atoms with Crippen molar-refractivity contribution in [2.75, 3.05) is 0 Å². The van der Waals surface area contributed by atoms with E-state index >= 15 is 0 Å². The zero-order valence-electron chi connectivity index (χ0n) is 16.1. The first kappa shape index (κ1) is 20.7. The summed E-state index contributed by atoms with van der Waals surface area (Å²) in [6, 6.07) is 16.8. The zero-order valence-corrected chi connectivity index (χ0v) is 18.5. The van der Waals surface area contributed by atoms with E-state index in [1.807, 2.05) is 51.1 Å². The minimum absolute atomic E-state index is 0.141. The third-order valence-electron chi connectivity index (χ3n) is 4.23. The molecule has 3 rings (SSSR count). The highest BCUT2D eigenvalue weighted by atomic mass is 79.9. The monoisotopic (exact) mass is 462 g/mol. The predicted molar refractivity (Wildman–Crippen MR) is 112 cm³/mol. The molecule has 1 heterocycles. The van der Waals surface area contributed by atoms with Crippen molar-refractivity contribution in [1.29, 1.82) is 0 Å². The van der Waals surface area contributed by atoms with Crippen LogP contribution in [-0.4, -0.2) is 33.3 Å². The van der Waals surface area contributed by atoms with Gasteiger partial charge >= 0.3 is 0 Å². The Morgan fingerprint density at radius 2 is 1.68 bits per heavy atom. The van der Waals surface area contributed by atoms with Gasteiger partial charge in [0.2, 0.25) is 10.0 Å². The van der Waals surface area contributed by atoms with E-state index in [4.69, 9.17) is 0 Å². The predicted octanol–water partition coefficient (Wildman–Crippen LogP) is 4.08. The maximum absolute atomic E-state index is 13.3. The molecule has 148 valence electrons. The van der Waals surface area contributed by atoms with E-state index in [0.717, 1.165) is 5.56 Å². The number of sulfonamides is 1. The molecule has 6 nitrogen and oxygen atoms in total. The molecular weight excluding hydrogens is 440 g/mol. The number of hydrogen-bond donors (Lipinski definition) is 0. The highest BCUT2D eigenvalue weighted by Gasteiger charge is 2.35. The van der Waals surface area contributed by atoms with Gasteiger partial charge in [0, 0.05) is 10.0 Å². The minimum Gasteiger partial charge on any atom is -0.248 e. The molecule has 0 amide bonds. The molecule has 0 saturated heterocycles. The SMILES string of the molecule is CC(C)(C)N(Cc1cn(Cc2ccccc2)nn1)S(=O)(=O)c1ccccc1Br. The Balaban J connectivity index is 1.88. The normalized spacial score (nSPS) is 12.5. The van der Waals surface area contributed by atoms with Crippen LogP contribution in [0.3, 0.4) is 0 Å². The van der Waals surface area contributed by atoms with Gasteiger partial charge in [-0.05, 0) is 54.4 Å². The maximum Gasteiger partial charge on any atom is 0.245 e. The van der Waals surface area contributed by atoms with Crippen LogP contribution in [0.2, 0.25) is 0 Å². The molecule has 8 heteroatoms. The first-order valence-electron chi connectivity index (χ1n) is 8.88. The number of rotatable bonds is 6. The molecule has 0 aliphatic heterocycles. The lowest BCUT2D eigenvalue weighted by Gasteiger charge is -2.34. The van der Waals surface area contributed by atoms with Crippen molar-refractivity contribution >= 4 is 26.0 Å². The highest BCUT2D eigenvalue weighted by molar-refractivity contribution is 9.10. The first-order valence-corrected chi connectivity index (χ1v) is 11.1. The zero-order chi connectivity index (χ0) is 20.4. The molecule has 0 aliphatic rings. The Morgan fingerprint density at radius 3 is 2.32 bits per heavy atom. The number of aromatic nitrogens is 3. The second-order valence-electron chi connectivity index (χ2n) is 7.51. The van der Waals surface area contributed by atoms with Crippen LogP contribution in [0.15, 0.2) is 70.2 Å². The van der Waals surface area contributed by atoms with Crippen LogP contribution in [0, 0.1) is 0 Å². The van der Waals surface area contributed by atoms with E-state index in [9.17, 15) is 8.42 Å². The average molecular weight is 463 g/mol. The maximum atomic E-state index is 13.3. The van der Waals surface area contributed by atoms with Crippen molar-refractivity contribution in [3.63, 3.8) is 0 Å². The van der Waals surface area contributed by atoms with Gasteiger partial charge in [0.05, 0.1) is 29.9 Å². The number of hydrogen-bond acceptors (Lipinski definition) is 4. The molecule has 0 spiro atoms. The second kappa shape index (κ2) is 8.14. The number of nitrogens with zero attached hydrogens (tertiary/aromatic N) is 4. The third kappa shape index (κ3) is 4.68. The van der Waals surface area contributed by atoms with Crippen molar-refractivity contribution in [2.24, 2.45) is 0 Å². The second-order valence-corrected chi connectivity index (χ2v) is 10.2. The van der Waals surface area contributed by atoms with Crippen molar-refractivity contribution in [3.8, 4) is 0 Å². The van der Waals surface area contributed by atoms with Gasteiger partial charge in [-0.3, -0.25) is 0 Å². The molecule has 0 saturated carbocycles. The molecule has 0 bridgehead atoms. The molecule has 0 N–H and O–H groups in total. The minimum atomic E-state index is -3.73. The quantitative estimate of drug-likeness (QED) is 0.553. The Bertz CT molecular complexity index is 1040. The van der Waals surface area contributed by atoms with Gasteiger partial charge in [0.1, 0.15) is 0 Å². The third-order valence-corrected chi connectivity index (χ3v) is 7.35. The summed E-state index contributed by atoms with van der Waals surface area (Å²) in [6.07, 6.45) is 1.79. The molecule has 3 aromatic rings. The van der Waals surface area contributed by atoms with E-state index in [-0.39, 0.29) is 11.4 Å². The van der Waals surface area contributed by atoms with Gasteiger partial charge in [-0.25, -0.2) is 13.1 Å². The topological polar surface area (TPSA) is 68.1 Å². The average Bonchev–Trinajstić information content (AvgIpc) is 3.07. The summed E-state index contributed by atoms with van der Waals surface area (Å²) in [5.74, 6) is 0. The van der Waals surface area contributed by atoms with Crippen LogP contribution < -0.4 is 0 Å². The lowest BCUT2D eigenvalue weighted by atomic mass is 10.1. The van der Waals surface area contributed by atoms with Crippen LogP contribution in [0.5, 0.6) is 0 Å². The van der Waals surface area contributed by atoms with Gasteiger partial charge in [-0.1, -0.05) is 47.7 Å². The van der Waals surface area contributed by atoms with E-state index in [2.05, 4.69) is 26.2 Å². The molecular formula is C20H23BrN4O2S. The van der Waals surface area contributed by atoms with Crippen LogP contribution in [0.4, 0.5) is 0 Å². The molecule has 0 fully saturated rings. The first-order chi connectivity index (χ1) is 13.2.